The van der Waals surface area contributed by atoms with Gasteiger partial charge in [0.15, 0.2) is 0 Å². The smallest absolute Gasteiger partial charge is 0.128 e. The number of methoxy groups -OCH3 is 1. The summed E-state index contributed by atoms with van der Waals surface area (Å²) in [4.78, 5) is 3.65. The van der Waals surface area contributed by atoms with Crippen molar-refractivity contribution in [1.82, 2.24) is 0 Å². The van der Waals surface area contributed by atoms with E-state index >= 15 is 0 Å². The lowest BCUT2D eigenvalue weighted by molar-refractivity contribution is -0.904. The Balaban J connectivity index is 1.51. The van der Waals surface area contributed by atoms with Crippen LogP contribution in [-0.4, -0.2) is 44.9 Å². The van der Waals surface area contributed by atoms with E-state index in [1.54, 1.807) is 7.11 Å². The zero-order chi connectivity index (χ0) is 16.9. The van der Waals surface area contributed by atoms with E-state index in [4.69, 9.17) is 4.74 Å². The van der Waals surface area contributed by atoms with Crippen molar-refractivity contribution in [1.29, 1.82) is 0 Å². The first-order chi connectivity index (χ1) is 11.7. The summed E-state index contributed by atoms with van der Waals surface area (Å²) in [6.45, 7) is 4.45. The molecule has 2 N–H and O–H groups in total. The number of piperazine rings is 1. The third-order valence-corrected chi connectivity index (χ3v) is 4.64. The van der Waals surface area contributed by atoms with Crippen molar-refractivity contribution in [3.63, 3.8) is 0 Å². The van der Waals surface area contributed by atoms with Crippen molar-refractivity contribution in [2.45, 2.75) is 6.10 Å². The molecule has 0 radical (unpaired) electrons. The van der Waals surface area contributed by atoms with E-state index in [-0.39, 0.29) is 5.82 Å². The number of rotatable bonds is 5. The highest BCUT2D eigenvalue weighted by atomic mass is 19.1. The molecule has 0 aromatic heterocycles. The van der Waals surface area contributed by atoms with Gasteiger partial charge < -0.3 is 19.6 Å². The van der Waals surface area contributed by atoms with E-state index in [0.29, 0.717) is 6.54 Å². The molecule has 0 aliphatic carbocycles. The maximum Gasteiger partial charge on any atom is 0.128 e. The first kappa shape index (κ1) is 16.7. The summed E-state index contributed by atoms with van der Waals surface area (Å²) in [5, 5.41) is 10.4. The Hall–Kier alpha value is -2.11. The second kappa shape index (κ2) is 7.64. The maximum atomic E-state index is 13.0. The van der Waals surface area contributed by atoms with Gasteiger partial charge in [-0.1, -0.05) is 12.1 Å². The Kier molecular flexibility index (Phi) is 5.33. The number of aliphatic hydroxyl groups is 1. The Bertz CT molecular complexity index is 637. The molecule has 128 valence electrons. The molecular weight excluding hydrogens is 307 g/mol. The quantitative estimate of drug-likeness (QED) is 0.867. The van der Waals surface area contributed by atoms with Crippen molar-refractivity contribution >= 4 is 5.69 Å². The molecule has 0 spiro atoms. The molecule has 0 unspecified atom stereocenters. The molecule has 4 nitrogen and oxygen atoms in total. The highest BCUT2D eigenvalue weighted by Gasteiger charge is 2.23. The van der Waals surface area contributed by atoms with Gasteiger partial charge in [-0.15, -0.1) is 0 Å². The summed E-state index contributed by atoms with van der Waals surface area (Å²) < 4.78 is 18.2. The second-order valence-corrected chi connectivity index (χ2v) is 6.21. The third kappa shape index (κ3) is 4.04. The predicted octanol–water partition coefficient (Wildman–Crippen LogP) is 1.27. The number of anilines is 1. The van der Waals surface area contributed by atoms with Crippen LogP contribution in [0.5, 0.6) is 5.75 Å². The predicted molar refractivity (Wildman–Crippen MR) is 92.1 cm³/mol. The van der Waals surface area contributed by atoms with Crippen LogP contribution in [0.25, 0.3) is 0 Å². The number of ether oxygens (including phenoxy) is 1. The number of halogens is 1. The minimum atomic E-state index is -0.469. The summed E-state index contributed by atoms with van der Waals surface area (Å²) in [6, 6.07) is 14.2. The standard InChI is InChI=1S/C19H23FN2O2/c1-24-18-8-2-15(3-9-18)19(23)14-21-10-12-22(13-11-21)17-6-4-16(20)5-7-17/h2-9,19,23H,10-14H2,1H3/p+1/t19-/m0/s1. The van der Waals surface area contributed by atoms with Crippen LogP contribution < -0.4 is 14.5 Å². The van der Waals surface area contributed by atoms with Crippen molar-refractivity contribution in [2.75, 3.05) is 44.7 Å². The molecule has 2 aromatic rings. The monoisotopic (exact) mass is 331 g/mol. The number of nitrogens with one attached hydrogen (secondary N) is 1. The van der Waals surface area contributed by atoms with Gasteiger partial charge in [-0.2, -0.15) is 0 Å². The van der Waals surface area contributed by atoms with E-state index < -0.39 is 6.10 Å². The van der Waals surface area contributed by atoms with Crippen molar-refractivity contribution in [2.24, 2.45) is 0 Å². The van der Waals surface area contributed by atoms with E-state index in [2.05, 4.69) is 4.90 Å². The van der Waals surface area contributed by atoms with Crippen LogP contribution in [0.15, 0.2) is 48.5 Å². The number of hydrogen-bond donors (Lipinski definition) is 2. The SMILES string of the molecule is COc1ccc([C@@H](O)C[NH+]2CCN(c3ccc(F)cc3)CC2)cc1. The average molecular weight is 331 g/mol. The van der Waals surface area contributed by atoms with Crippen molar-refractivity contribution < 1.29 is 19.1 Å². The molecule has 0 saturated carbocycles. The van der Waals surface area contributed by atoms with Gasteiger partial charge in [-0.3, -0.25) is 0 Å². The van der Waals surface area contributed by atoms with Crippen LogP contribution in [0.2, 0.25) is 0 Å². The highest BCUT2D eigenvalue weighted by molar-refractivity contribution is 5.46. The van der Waals surface area contributed by atoms with Gasteiger partial charge in [0.2, 0.25) is 0 Å². The fourth-order valence-electron chi connectivity index (χ4n) is 3.15. The molecule has 1 aliphatic rings. The number of hydrogen-bond acceptors (Lipinski definition) is 3. The van der Waals surface area contributed by atoms with E-state index in [1.807, 2.05) is 36.4 Å². The van der Waals surface area contributed by atoms with Crippen LogP contribution in [-0.2, 0) is 0 Å². The van der Waals surface area contributed by atoms with E-state index in [0.717, 1.165) is 43.2 Å². The van der Waals surface area contributed by atoms with Crippen LogP contribution in [0.3, 0.4) is 0 Å². The Morgan fingerprint density at radius 3 is 2.29 bits per heavy atom. The lowest BCUT2D eigenvalue weighted by Crippen LogP contribution is -3.15. The van der Waals surface area contributed by atoms with E-state index in [1.165, 1.54) is 17.0 Å². The molecule has 2 aromatic carbocycles. The first-order valence-electron chi connectivity index (χ1n) is 8.32. The zero-order valence-corrected chi connectivity index (χ0v) is 13.9. The molecule has 0 amide bonds. The number of nitrogens with zero attached hydrogens (tertiary/aromatic N) is 1. The normalized spacial score (nSPS) is 16.9. The van der Waals surface area contributed by atoms with Crippen molar-refractivity contribution in [3.8, 4) is 5.75 Å². The molecule has 1 saturated heterocycles. The lowest BCUT2D eigenvalue weighted by atomic mass is 10.1. The molecule has 1 fully saturated rings. The van der Waals surface area contributed by atoms with Crippen LogP contribution in [0, 0.1) is 5.82 Å². The average Bonchev–Trinajstić information content (AvgIpc) is 2.63. The Morgan fingerprint density at radius 1 is 1.08 bits per heavy atom. The molecule has 1 aliphatic heterocycles. The first-order valence-corrected chi connectivity index (χ1v) is 8.32. The number of benzene rings is 2. The minimum Gasteiger partial charge on any atom is -0.497 e. The minimum absolute atomic E-state index is 0.203. The molecule has 5 heteroatoms. The van der Waals surface area contributed by atoms with Gasteiger partial charge in [-0.25, -0.2) is 4.39 Å². The summed E-state index contributed by atoms with van der Waals surface area (Å²) in [5.74, 6) is 0.594. The van der Waals surface area contributed by atoms with Crippen LogP contribution in [0.4, 0.5) is 10.1 Å². The summed E-state index contributed by atoms with van der Waals surface area (Å²) in [6.07, 6.45) is -0.469. The summed E-state index contributed by atoms with van der Waals surface area (Å²) in [7, 11) is 1.64. The van der Waals surface area contributed by atoms with Gasteiger partial charge >= 0.3 is 0 Å². The summed E-state index contributed by atoms with van der Waals surface area (Å²) >= 11 is 0. The maximum absolute atomic E-state index is 13.0. The van der Waals surface area contributed by atoms with Gasteiger partial charge in [-0.05, 0) is 42.0 Å². The molecule has 1 heterocycles. The van der Waals surface area contributed by atoms with Crippen LogP contribution in [0.1, 0.15) is 11.7 Å². The molecular formula is C19H24FN2O2+. The number of quaternary nitrogens is 1. The second-order valence-electron chi connectivity index (χ2n) is 6.21. The molecule has 24 heavy (non-hydrogen) atoms. The van der Waals surface area contributed by atoms with Crippen molar-refractivity contribution in [3.05, 3.63) is 59.9 Å². The third-order valence-electron chi connectivity index (χ3n) is 4.64. The van der Waals surface area contributed by atoms with Gasteiger partial charge in [0.1, 0.15) is 24.2 Å². The molecule has 0 bridgehead atoms. The zero-order valence-electron chi connectivity index (χ0n) is 13.9. The topological polar surface area (TPSA) is 37.1 Å². The Morgan fingerprint density at radius 2 is 1.71 bits per heavy atom. The van der Waals surface area contributed by atoms with Gasteiger partial charge in [0, 0.05) is 5.69 Å². The molecule has 3 rings (SSSR count). The number of aliphatic hydroxyl groups excluding tert-OH is 1. The van der Waals surface area contributed by atoms with Gasteiger partial charge in [0.25, 0.3) is 0 Å². The fourth-order valence-corrected chi connectivity index (χ4v) is 3.15. The van der Waals surface area contributed by atoms with Crippen LogP contribution >= 0.6 is 0 Å². The van der Waals surface area contributed by atoms with E-state index in [9.17, 15) is 9.50 Å². The lowest BCUT2D eigenvalue weighted by Gasteiger charge is -2.34. The summed E-state index contributed by atoms with van der Waals surface area (Å²) in [5.41, 5.74) is 1.98. The molecule has 1 atom stereocenters. The highest BCUT2D eigenvalue weighted by Crippen LogP contribution is 2.17. The van der Waals surface area contributed by atoms with Gasteiger partial charge in [0.05, 0.1) is 33.3 Å². The Labute approximate surface area is 142 Å². The fraction of sp³-hybridized carbons (Fsp3) is 0.368. The largest absolute Gasteiger partial charge is 0.497 e.